The maximum Gasteiger partial charge on any atom is 0.239 e. The van der Waals surface area contributed by atoms with Gasteiger partial charge in [-0.3, -0.25) is 9.78 Å². The molecule has 0 fully saturated rings. The Labute approximate surface area is 113 Å². The first-order valence-electron chi connectivity index (χ1n) is 5.40. The number of carbonyl (C=O) groups excluding carboxylic acids is 1. The van der Waals surface area contributed by atoms with Crippen molar-refractivity contribution in [3.05, 3.63) is 28.9 Å². The number of nitrogen functional groups attached to an aromatic ring is 1. The highest BCUT2D eigenvalue weighted by Crippen LogP contribution is 2.29. The maximum absolute atomic E-state index is 11.3. The number of nitrogens with two attached hydrogens (primary N) is 1. The zero-order valence-electron chi connectivity index (χ0n) is 9.83. The molecule has 2 aromatic rings. The SMILES string of the molecule is CNC(=O)CNc1c(N)cnc2ccc(Br)cc12. The molecule has 5 nitrogen and oxygen atoms in total. The Bertz CT molecular complexity index is 595. The van der Waals surface area contributed by atoms with E-state index < -0.39 is 0 Å². The van der Waals surface area contributed by atoms with Gasteiger partial charge in [0.2, 0.25) is 5.91 Å². The molecule has 1 aromatic carbocycles. The van der Waals surface area contributed by atoms with Crippen molar-refractivity contribution in [1.29, 1.82) is 0 Å². The van der Waals surface area contributed by atoms with E-state index in [9.17, 15) is 4.79 Å². The third-order valence-corrected chi connectivity index (χ3v) is 3.06. The Kier molecular flexibility index (Phi) is 3.66. The van der Waals surface area contributed by atoms with Crippen molar-refractivity contribution in [2.24, 2.45) is 0 Å². The Hall–Kier alpha value is -1.82. The van der Waals surface area contributed by atoms with Gasteiger partial charge >= 0.3 is 0 Å². The molecular weight excluding hydrogens is 296 g/mol. The second-order valence-electron chi connectivity index (χ2n) is 3.78. The Morgan fingerprint density at radius 2 is 2.28 bits per heavy atom. The minimum Gasteiger partial charge on any atom is -0.396 e. The van der Waals surface area contributed by atoms with E-state index >= 15 is 0 Å². The van der Waals surface area contributed by atoms with Crippen molar-refractivity contribution in [1.82, 2.24) is 10.3 Å². The van der Waals surface area contributed by atoms with Crippen LogP contribution >= 0.6 is 15.9 Å². The van der Waals surface area contributed by atoms with E-state index in [2.05, 4.69) is 31.5 Å². The predicted octanol–water partition coefficient (Wildman–Crippen LogP) is 1.74. The summed E-state index contributed by atoms with van der Waals surface area (Å²) in [5, 5.41) is 6.47. The summed E-state index contributed by atoms with van der Waals surface area (Å²) in [5.41, 5.74) is 7.96. The topological polar surface area (TPSA) is 80.0 Å². The lowest BCUT2D eigenvalue weighted by Crippen LogP contribution is -2.26. The van der Waals surface area contributed by atoms with Crippen LogP contribution in [0.4, 0.5) is 11.4 Å². The number of anilines is 2. The minimum absolute atomic E-state index is 0.102. The second-order valence-corrected chi connectivity index (χ2v) is 4.69. The summed E-state index contributed by atoms with van der Waals surface area (Å²) < 4.78 is 0.936. The molecule has 0 radical (unpaired) electrons. The maximum atomic E-state index is 11.3. The van der Waals surface area contributed by atoms with Crippen LogP contribution in [0.5, 0.6) is 0 Å². The van der Waals surface area contributed by atoms with Gasteiger partial charge in [0.25, 0.3) is 0 Å². The average Bonchev–Trinajstić information content (AvgIpc) is 2.37. The number of fused-ring (bicyclic) bond motifs is 1. The van der Waals surface area contributed by atoms with E-state index in [1.165, 1.54) is 0 Å². The summed E-state index contributed by atoms with van der Waals surface area (Å²) in [5.74, 6) is -0.102. The van der Waals surface area contributed by atoms with Crippen LogP contribution in [0, 0.1) is 0 Å². The first-order valence-corrected chi connectivity index (χ1v) is 6.19. The lowest BCUT2D eigenvalue weighted by Gasteiger charge is -2.11. The second kappa shape index (κ2) is 5.22. The van der Waals surface area contributed by atoms with Gasteiger partial charge < -0.3 is 16.4 Å². The molecule has 0 aliphatic carbocycles. The van der Waals surface area contributed by atoms with Crippen LogP contribution in [0.15, 0.2) is 28.9 Å². The largest absolute Gasteiger partial charge is 0.396 e. The van der Waals surface area contributed by atoms with Crippen LogP contribution in [-0.4, -0.2) is 24.5 Å². The summed E-state index contributed by atoms with van der Waals surface area (Å²) in [6.07, 6.45) is 1.59. The Morgan fingerprint density at radius 1 is 1.50 bits per heavy atom. The van der Waals surface area contributed by atoms with Gasteiger partial charge in [-0.15, -0.1) is 0 Å². The molecule has 4 N–H and O–H groups in total. The number of likely N-dealkylation sites (N-methyl/N-ethyl adjacent to an activating group) is 1. The quantitative estimate of drug-likeness (QED) is 0.807. The standard InChI is InChI=1S/C12H13BrN4O/c1-15-11(18)6-17-12-8-4-7(13)2-3-10(8)16-5-9(12)14/h2-5H,6,14H2,1H3,(H,15,18)(H,16,17). The van der Waals surface area contributed by atoms with E-state index in [0.717, 1.165) is 21.1 Å². The number of pyridine rings is 1. The number of benzene rings is 1. The number of hydrogen-bond donors (Lipinski definition) is 3. The Balaban J connectivity index is 2.43. The molecule has 0 saturated carbocycles. The van der Waals surface area contributed by atoms with E-state index in [-0.39, 0.29) is 12.5 Å². The Morgan fingerprint density at radius 3 is 3.00 bits per heavy atom. The summed E-state index contributed by atoms with van der Waals surface area (Å²) in [6, 6.07) is 5.73. The first kappa shape index (κ1) is 12.6. The monoisotopic (exact) mass is 308 g/mol. The highest BCUT2D eigenvalue weighted by atomic mass is 79.9. The molecule has 18 heavy (non-hydrogen) atoms. The molecule has 0 aliphatic heterocycles. The van der Waals surface area contributed by atoms with Crippen LogP contribution in [0.25, 0.3) is 10.9 Å². The van der Waals surface area contributed by atoms with Crippen molar-refractivity contribution >= 4 is 44.1 Å². The van der Waals surface area contributed by atoms with E-state index in [1.54, 1.807) is 13.2 Å². The number of carbonyl (C=O) groups is 1. The molecule has 1 aromatic heterocycles. The fourth-order valence-corrected chi connectivity index (χ4v) is 2.00. The average molecular weight is 309 g/mol. The van der Waals surface area contributed by atoms with Gasteiger partial charge in [-0.25, -0.2) is 0 Å². The highest BCUT2D eigenvalue weighted by Gasteiger charge is 2.08. The van der Waals surface area contributed by atoms with E-state index in [4.69, 9.17) is 5.73 Å². The fraction of sp³-hybridized carbons (Fsp3) is 0.167. The third kappa shape index (κ3) is 2.53. The smallest absolute Gasteiger partial charge is 0.239 e. The molecule has 0 unspecified atom stereocenters. The van der Waals surface area contributed by atoms with E-state index in [1.807, 2.05) is 18.2 Å². The molecule has 0 aliphatic rings. The molecule has 1 amide bonds. The normalized spacial score (nSPS) is 10.3. The molecule has 0 bridgehead atoms. The number of hydrogen-bond acceptors (Lipinski definition) is 4. The van der Waals surface area contributed by atoms with Crippen LogP contribution in [0.1, 0.15) is 0 Å². The molecule has 2 rings (SSSR count). The van der Waals surface area contributed by atoms with Crippen LogP contribution in [-0.2, 0) is 4.79 Å². The highest BCUT2D eigenvalue weighted by molar-refractivity contribution is 9.10. The van der Waals surface area contributed by atoms with Crippen molar-refractivity contribution in [2.75, 3.05) is 24.6 Å². The predicted molar refractivity (Wildman–Crippen MR) is 76.4 cm³/mol. The lowest BCUT2D eigenvalue weighted by atomic mass is 10.1. The van der Waals surface area contributed by atoms with Crippen LogP contribution < -0.4 is 16.4 Å². The molecule has 1 heterocycles. The van der Waals surface area contributed by atoms with Gasteiger partial charge in [0, 0.05) is 16.9 Å². The van der Waals surface area contributed by atoms with Gasteiger partial charge in [0.1, 0.15) is 0 Å². The number of halogens is 1. The molecule has 6 heteroatoms. The van der Waals surface area contributed by atoms with Gasteiger partial charge in [0.05, 0.1) is 29.6 Å². The molecule has 94 valence electrons. The third-order valence-electron chi connectivity index (χ3n) is 2.56. The molecule has 0 spiro atoms. The van der Waals surface area contributed by atoms with E-state index in [0.29, 0.717) is 5.69 Å². The van der Waals surface area contributed by atoms with Gasteiger partial charge in [-0.1, -0.05) is 15.9 Å². The van der Waals surface area contributed by atoms with Crippen molar-refractivity contribution < 1.29 is 4.79 Å². The summed E-state index contributed by atoms with van der Waals surface area (Å²) in [4.78, 5) is 15.5. The van der Waals surface area contributed by atoms with Gasteiger partial charge in [0.15, 0.2) is 0 Å². The van der Waals surface area contributed by atoms with Crippen LogP contribution in [0.2, 0.25) is 0 Å². The fourth-order valence-electron chi connectivity index (χ4n) is 1.63. The van der Waals surface area contributed by atoms with Gasteiger partial charge in [-0.2, -0.15) is 0 Å². The zero-order valence-corrected chi connectivity index (χ0v) is 11.4. The minimum atomic E-state index is -0.102. The van der Waals surface area contributed by atoms with Crippen molar-refractivity contribution in [3.63, 3.8) is 0 Å². The molecular formula is C12H13BrN4O. The number of amides is 1. The summed E-state index contributed by atoms with van der Waals surface area (Å²) in [7, 11) is 1.59. The van der Waals surface area contributed by atoms with Crippen molar-refractivity contribution in [3.8, 4) is 0 Å². The van der Waals surface area contributed by atoms with Crippen molar-refractivity contribution in [2.45, 2.75) is 0 Å². The van der Waals surface area contributed by atoms with Gasteiger partial charge in [-0.05, 0) is 18.2 Å². The first-order chi connectivity index (χ1) is 8.61. The number of nitrogens with one attached hydrogen (secondary N) is 2. The number of aromatic nitrogens is 1. The summed E-state index contributed by atoms with van der Waals surface area (Å²) >= 11 is 3.41. The lowest BCUT2D eigenvalue weighted by molar-refractivity contribution is -0.118. The molecule has 0 atom stereocenters. The molecule has 0 saturated heterocycles. The summed E-state index contributed by atoms with van der Waals surface area (Å²) in [6.45, 7) is 0.173. The number of rotatable bonds is 3. The van der Waals surface area contributed by atoms with Crippen LogP contribution in [0.3, 0.4) is 0 Å². The zero-order chi connectivity index (χ0) is 13.1. The number of nitrogens with zero attached hydrogens (tertiary/aromatic N) is 1.